The molecule has 0 saturated heterocycles. The number of hydrogen-bond acceptors (Lipinski definition) is 3. The van der Waals surface area contributed by atoms with Crippen LogP contribution in [0.25, 0.3) is 0 Å². The summed E-state index contributed by atoms with van der Waals surface area (Å²) in [5.74, 6) is 0. The van der Waals surface area contributed by atoms with E-state index in [1.54, 1.807) is 5.41 Å². The highest BCUT2D eigenvalue weighted by Crippen LogP contribution is 2.06. The number of nitrogens with one attached hydrogen (secondary N) is 1. The van der Waals surface area contributed by atoms with Gasteiger partial charge in [-0.05, 0) is 11.9 Å². The predicted octanol–water partition coefficient (Wildman–Crippen LogP) is 0.604. The molecule has 0 fully saturated rings. The zero-order chi connectivity index (χ0) is 5.98. The average Bonchev–Trinajstić information content (AvgIpc) is 2.12. The first-order valence-corrected chi connectivity index (χ1v) is 2.79. The molecule has 2 N–H and O–H groups in total. The molecule has 8 heavy (non-hydrogen) atoms. The molecule has 0 aromatic heterocycles. The summed E-state index contributed by atoms with van der Waals surface area (Å²) < 4.78 is 0. The Morgan fingerprint density at radius 3 is 2.88 bits per heavy atom. The highest BCUT2D eigenvalue weighted by atomic mass is 32.2. The van der Waals surface area contributed by atoms with Crippen molar-refractivity contribution in [3.8, 4) is 0 Å². The Bertz CT molecular complexity index is 135. The summed E-state index contributed by atoms with van der Waals surface area (Å²) in [4.78, 5) is 12.5. The van der Waals surface area contributed by atoms with Crippen LogP contribution in [0.15, 0.2) is 11.6 Å². The molecule has 0 radical (unpaired) electrons. The minimum absolute atomic E-state index is 0.977. The van der Waals surface area contributed by atoms with E-state index in [-0.39, 0.29) is 0 Å². The maximum absolute atomic E-state index is 10.0. The quantitative estimate of drug-likeness (QED) is 0.474. The Morgan fingerprint density at radius 1 is 1.88 bits per heavy atom. The molecule has 1 heterocycles. The van der Waals surface area contributed by atoms with Crippen LogP contribution in [0.2, 0.25) is 0 Å². The number of carboxylic acid groups (broad SMARTS) is 1. The molecule has 5 heteroatoms. The van der Waals surface area contributed by atoms with E-state index in [4.69, 9.17) is 5.11 Å². The van der Waals surface area contributed by atoms with Crippen molar-refractivity contribution in [2.24, 2.45) is 0 Å². The molecule has 0 atom stereocenters. The zero-order valence-corrected chi connectivity index (χ0v) is 4.68. The van der Waals surface area contributed by atoms with E-state index in [1.165, 1.54) is 18.1 Å². The van der Waals surface area contributed by atoms with Crippen molar-refractivity contribution in [3.05, 3.63) is 11.6 Å². The van der Waals surface area contributed by atoms with Crippen molar-refractivity contribution in [3.63, 3.8) is 0 Å². The molecule has 4 nitrogen and oxygen atoms in total. The smallest absolute Gasteiger partial charge is 0.426 e. The van der Waals surface area contributed by atoms with Crippen LogP contribution in [0, 0.1) is 0 Å². The third kappa shape index (κ3) is 0.932. The summed E-state index contributed by atoms with van der Waals surface area (Å²) >= 11 is 1.23. The van der Waals surface area contributed by atoms with Gasteiger partial charge in [0.05, 0.1) is 0 Å². The van der Waals surface area contributed by atoms with Gasteiger partial charge in [-0.2, -0.15) is 4.83 Å². The average molecular weight is 132 g/mol. The van der Waals surface area contributed by atoms with E-state index < -0.39 is 6.09 Å². The Kier molecular flexibility index (Phi) is 1.40. The lowest BCUT2D eigenvalue weighted by Crippen LogP contribution is -2.29. The van der Waals surface area contributed by atoms with Gasteiger partial charge in [-0.3, -0.25) is 0 Å². The van der Waals surface area contributed by atoms with Gasteiger partial charge >= 0.3 is 6.09 Å². The molecule has 0 spiro atoms. The third-order valence-electron chi connectivity index (χ3n) is 0.635. The minimum Gasteiger partial charge on any atom is -0.464 e. The molecule has 44 valence electrons. The number of hydrogen-bond donors (Lipinski definition) is 2. The molecule has 1 aliphatic heterocycles. The van der Waals surface area contributed by atoms with Gasteiger partial charge in [0.25, 0.3) is 0 Å². The van der Waals surface area contributed by atoms with Crippen LogP contribution < -0.4 is 4.83 Å². The van der Waals surface area contributed by atoms with E-state index in [0.717, 1.165) is 5.01 Å². The highest BCUT2D eigenvalue weighted by molar-refractivity contribution is 8.00. The van der Waals surface area contributed by atoms with Crippen molar-refractivity contribution in [1.82, 2.24) is 9.84 Å². The van der Waals surface area contributed by atoms with Gasteiger partial charge in [-0.1, -0.05) is 0 Å². The molecule has 0 bridgehead atoms. The van der Waals surface area contributed by atoms with E-state index in [0.29, 0.717) is 0 Å². The summed E-state index contributed by atoms with van der Waals surface area (Å²) in [7, 11) is 0. The van der Waals surface area contributed by atoms with E-state index in [2.05, 4.69) is 4.83 Å². The number of rotatable bonds is 0. The van der Waals surface area contributed by atoms with Crippen LogP contribution in [0.1, 0.15) is 0 Å². The lowest BCUT2D eigenvalue weighted by atomic mass is 10.9. The predicted molar refractivity (Wildman–Crippen MR) is 29.7 cm³/mol. The fourth-order valence-corrected chi connectivity index (χ4v) is 0.808. The lowest BCUT2D eigenvalue weighted by Gasteiger charge is -2.05. The molecule has 1 amide bonds. The number of nitrogens with zero attached hydrogens (tertiary/aromatic N) is 1. The summed E-state index contributed by atoms with van der Waals surface area (Å²) in [5, 5.41) is 10.8. The van der Waals surface area contributed by atoms with E-state index in [9.17, 15) is 4.79 Å². The second-order valence-corrected chi connectivity index (χ2v) is 1.84. The van der Waals surface area contributed by atoms with Crippen LogP contribution in [-0.4, -0.2) is 16.2 Å². The molecular formula is C3H4N2O2S. The van der Waals surface area contributed by atoms with Gasteiger partial charge in [0.2, 0.25) is 0 Å². The van der Waals surface area contributed by atoms with Crippen molar-refractivity contribution >= 4 is 18.0 Å². The standard InChI is InChI=1S/C3H4N2O2S/c6-3(7)5-1-2-8-4-5/h1-2,4H,(H,6,7). The molecule has 0 aliphatic carbocycles. The third-order valence-corrected chi connectivity index (χ3v) is 1.20. The van der Waals surface area contributed by atoms with E-state index >= 15 is 0 Å². The SMILES string of the molecule is O=C(O)N1C=CSN1. The van der Waals surface area contributed by atoms with Crippen LogP contribution in [0.4, 0.5) is 4.79 Å². The van der Waals surface area contributed by atoms with Gasteiger partial charge in [0.15, 0.2) is 0 Å². The minimum atomic E-state index is -0.994. The molecule has 1 aliphatic rings. The Morgan fingerprint density at radius 2 is 2.62 bits per heavy atom. The molecular weight excluding hydrogens is 128 g/mol. The largest absolute Gasteiger partial charge is 0.464 e. The summed E-state index contributed by atoms with van der Waals surface area (Å²) in [6, 6.07) is 0. The first kappa shape index (κ1) is 5.46. The zero-order valence-electron chi connectivity index (χ0n) is 3.87. The Hall–Kier alpha value is -0.680. The van der Waals surface area contributed by atoms with Gasteiger partial charge < -0.3 is 5.11 Å². The molecule has 0 aromatic rings. The second kappa shape index (κ2) is 2.06. The molecule has 0 unspecified atom stereocenters. The van der Waals surface area contributed by atoms with Crippen LogP contribution in [0.3, 0.4) is 0 Å². The maximum atomic E-state index is 10.0. The fraction of sp³-hybridized carbons (Fsp3) is 0. The van der Waals surface area contributed by atoms with Crippen molar-refractivity contribution in [2.45, 2.75) is 0 Å². The van der Waals surface area contributed by atoms with Gasteiger partial charge in [0.1, 0.15) is 0 Å². The Labute approximate surface area is 50.3 Å². The van der Waals surface area contributed by atoms with Crippen LogP contribution >= 0.6 is 11.9 Å². The van der Waals surface area contributed by atoms with Gasteiger partial charge in [-0.25, -0.2) is 9.80 Å². The monoisotopic (exact) mass is 132 g/mol. The Balaban J connectivity index is 2.48. The molecule has 0 saturated carbocycles. The van der Waals surface area contributed by atoms with Gasteiger partial charge in [0, 0.05) is 11.6 Å². The number of amides is 1. The number of carbonyl (C=O) groups is 1. The summed E-state index contributed by atoms with van der Waals surface area (Å²) in [5.41, 5.74) is 0. The van der Waals surface area contributed by atoms with Crippen LogP contribution in [-0.2, 0) is 0 Å². The number of hydrazine groups is 1. The highest BCUT2D eigenvalue weighted by Gasteiger charge is 2.09. The molecule has 1 rings (SSSR count). The lowest BCUT2D eigenvalue weighted by molar-refractivity contribution is 0.159. The first-order valence-electron chi connectivity index (χ1n) is 1.91. The topological polar surface area (TPSA) is 52.6 Å². The van der Waals surface area contributed by atoms with Crippen molar-refractivity contribution < 1.29 is 9.90 Å². The maximum Gasteiger partial charge on any atom is 0.426 e. The summed E-state index contributed by atoms with van der Waals surface area (Å²) in [6.45, 7) is 0. The summed E-state index contributed by atoms with van der Waals surface area (Å²) in [6.07, 6.45) is 0.443. The second-order valence-electron chi connectivity index (χ2n) is 1.15. The van der Waals surface area contributed by atoms with Gasteiger partial charge in [-0.15, -0.1) is 0 Å². The van der Waals surface area contributed by atoms with Crippen LogP contribution in [0.5, 0.6) is 0 Å². The molecule has 0 aromatic carbocycles. The van der Waals surface area contributed by atoms with E-state index in [1.807, 2.05) is 0 Å². The first-order chi connectivity index (χ1) is 3.80. The van der Waals surface area contributed by atoms with Crippen molar-refractivity contribution in [2.75, 3.05) is 0 Å². The fourth-order valence-electron chi connectivity index (χ4n) is 0.312. The normalized spacial score (nSPS) is 17.2. The van der Waals surface area contributed by atoms with Crippen molar-refractivity contribution in [1.29, 1.82) is 0 Å².